The zero-order valence-electron chi connectivity index (χ0n) is 9.64. The summed E-state index contributed by atoms with van der Waals surface area (Å²) in [6.45, 7) is 1.97. The second-order valence-electron chi connectivity index (χ2n) is 4.07. The van der Waals surface area contributed by atoms with Gasteiger partial charge < -0.3 is 11.1 Å². The lowest BCUT2D eigenvalue weighted by Crippen LogP contribution is -2.19. The van der Waals surface area contributed by atoms with Crippen molar-refractivity contribution in [3.8, 4) is 0 Å². The average molecular weight is 277 g/mol. The van der Waals surface area contributed by atoms with E-state index >= 15 is 0 Å². The summed E-state index contributed by atoms with van der Waals surface area (Å²) in [4.78, 5) is 16.9. The summed E-state index contributed by atoms with van der Waals surface area (Å²) in [6.07, 6.45) is 0. The van der Waals surface area contributed by atoms with E-state index in [-0.39, 0.29) is 5.91 Å². The van der Waals surface area contributed by atoms with Gasteiger partial charge in [-0.05, 0) is 19.1 Å². The first-order valence-electron chi connectivity index (χ1n) is 5.44. The van der Waals surface area contributed by atoms with Gasteiger partial charge in [0.1, 0.15) is 6.04 Å². The number of rotatable bonds is 2. The molecule has 18 heavy (non-hydrogen) atoms. The van der Waals surface area contributed by atoms with Crippen LogP contribution in [-0.4, -0.2) is 10.9 Å². The highest BCUT2D eigenvalue weighted by Crippen LogP contribution is 2.36. The maximum Gasteiger partial charge on any atom is 0.245 e. The van der Waals surface area contributed by atoms with Crippen molar-refractivity contribution in [3.63, 3.8) is 0 Å². The van der Waals surface area contributed by atoms with E-state index in [1.54, 1.807) is 23.1 Å². The number of hydrogen-bond donors (Lipinski definition) is 2. The second-order valence-corrected chi connectivity index (χ2v) is 6.25. The van der Waals surface area contributed by atoms with Crippen LogP contribution in [0.25, 0.3) is 0 Å². The van der Waals surface area contributed by atoms with Crippen LogP contribution < -0.4 is 11.1 Å². The van der Waals surface area contributed by atoms with Crippen LogP contribution in [0.2, 0.25) is 0 Å². The van der Waals surface area contributed by atoms with E-state index in [1.165, 1.54) is 0 Å². The summed E-state index contributed by atoms with van der Waals surface area (Å²) in [5.41, 5.74) is 8.47. The number of aromatic nitrogens is 1. The Morgan fingerprint density at radius 2 is 2.33 bits per heavy atom. The Kier molecular flexibility index (Phi) is 2.85. The van der Waals surface area contributed by atoms with Crippen LogP contribution in [0.15, 0.2) is 32.8 Å². The van der Waals surface area contributed by atoms with E-state index in [9.17, 15) is 4.79 Å². The Hall–Kier alpha value is -1.37. The number of carbonyl (C=O) groups is 1. The summed E-state index contributed by atoms with van der Waals surface area (Å²) in [7, 11) is 0. The maximum absolute atomic E-state index is 11.5. The first-order valence-corrected chi connectivity index (χ1v) is 7.13. The number of nitrogens with one attached hydrogen (secondary N) is 1. The van der Waals surface area contributed by atoms with E-state index in [1.807, 2.05) is 30.5 Å². The first kappa shape index (κ1) is 11.7. The fraction of sp³-hybridized carbons (Fsp3) is 0.167. The standard InChI is InChI=1S/C12H11N3OS2/c1-6-5-17-12(14-6)18-7-2-3-8-9(4-7)15-11(16)10(8)13/h2-5,10H,13H2,1H3,(H,15,16). The minimum atomic E-state index is -0.541. The summed E-state index contributed by atoms with van der Waals surface area (Å²) in [5, 5.41) is 4.81. The summed E-state index contributed by atoms with van der Waals surface area (Å²) in [5.74, 6) is -0.141. The van der Waals surface area contributed by atoms with Gasteiger partial charge in [0.05, 0.1) is 0 Å². The normalized spacial score (nSPS) is 17.7. The fourth-order valence-corrected chi connectivity index (χ4v) is 3.66. The van der Waals surface area contributed by atoms with Crippen LogP contribution in [0.5, 0.6) is 0 Å². The molecule has 1 amide bonds. The van der Waals surface area contributed by atoms with Crippen LogP contribution >= 0.6 is 23.1 Å². The zero-order valence-corrected chi connectivity index (χ0v) is 11.3. The van der Waals surface area contributed by atoms with Gasteiger partial charge in [0.2, 0.25) is 5.91 Å². The lowest BCUT2D eigenvalue weighted by Gasteiger charge is -2.03. The molecule has 1 aliphatic heterocycles. The molecular weight excluding hydrogens is 266 g/mol. The molecule has 0 spiro atoms. The molecule has 1 unspecified atom stereocenters. The number of fused-ring (bicyclic) bond motifs is 1. The molecule has 2 heterocycles. The SMILES string of the molecule is Cc1csc(Sc2ccc3c(c2)NC(=O)C3N)n1. The molecule has 0 aliphatic carbocycles. The number of nitrogens with zero attached hydrogens (tertiary/aromatic N) is 1. The molecule has 1 aromatic carbocycles. The van der Waals surface area contributed by atoms with E-state index in [2.05, 4.69) is 10.3 Å². The van der Waals surface area contributed by atoms with Crippen molar-refractivity contribution in [2.45, 2.75) is 22.2 Å². The highest BCUT2D eigenvalue weighted by atomic mass is 32.2. The number of aryl methyl sites for hydroxylation is 1. The van der Waals surface area contributed by atoms with Gasteiger partial charge in [0, 0.05) is 27.2 Å². The summed E-state index contributed by atoms with van der Waals surface area (Å²) < 4.78 is 1.00. The maximum atomic E-state index is 11.5. The predicted molar refractivity (Wildman–Crippen MR) is 73.0 cm³/mol. The third kappa shape index (κ3) is 2.03. The number of thiazole rings is 1. The molecule has 0 saturated carbocycles. The van der Waals surface area contributed by atoms with Gasteiger partial charge in [0.15, 0.2) is 4.34 Å². The van der Waals surface area contributed by atoms with Crippen LogP contribution in [0.3, 0.4) is 0 Å². The molecule has 1 atom stereocenters. The highest BCUT2D eigenvalue weighted by Gasteiger charge is 2.27. The average Bonchev–Trinajstić information content (AvgIpc) is 2.85. The van der Waals surface area contributed by atoms with Crippen molar-refractivity contribution in [1.82, 2.24) is 4.98 Å². The monoisotopic (exact) mass is 277 g/mol. The Morgan fingerprint density at radius 3 is 3.06 bits per heavy atom. The molecule has 1 aromatic heterocycles. The van der Waals surface area contributed by atoms with Crippen molar-refractivity contribution in [2.24, 2.45) is 5.73 Å². The van der Waals surface area contributed by atoms with Crippen molar-refractivity contribution in [1.29, 1.82) is 0 Å². The van der Waals surface area contributed by atoms with Gasteiger partial charge in [-0.25, -0.2) is 4.98 Å². The molecule has 2 aromatic rings. The molecular formula is C12H11N3OS2. The van der Waals surface area contributed by atoms with Crippen LogP contribution in [0.1, 0.15) is 17.3 Å². The molecule has 0 radical (unpaired) electrons. The van der Waals surface area contributed by atoms with Crippen LogP contribution in [0.4, 0.5) is 5.69 Å². The first-order chi connectivity index (χ1) is 8.63. The highest BCUT2D eigenvalue weighted by molar-refractivity contribution is 8.01. The topological polar surface area (TPSA) is 68.0 Å². The van der Waals surface area contributed by atoms with Crippen molar-refractivity contribution < 1.29 is 4.79 Å². The van der Waals surface area contributed by atoms with Crippen molar-refractivity contribution >= 4 is 34.7 Å². The number of nitrogens with two attached hydrogens (primary N) is 1. The summed E-state index contributed by atoms with van der Waals surface area (Å²) in [6, 6.07) is 5.28. The largest absolute Gasteiger partial charge is 0.324 e. The third-order valence-electron chi connectivity index (χ3n) is 2.70. The van der Waals surface area contributed by atoms with E-state index in [0.29, 0.717) is 0 Å². The smallest absolute Gasteiger partial charge is 0.245 e. The third-order valence-corrected chi connectivity index (χ3v) is 4.75. The lowest BCUT2D eigenvalue weighted by atomic mass is 10.1. The van der Waals surface area contributed by atoms with E-state index in [4.69, 9.17) is 5.73 Å². The number of benzene rings is 1. The van der Waals surface area contributed by atoms with Gasteiger partial charge in [-0.1, -0.05) is 17.8 Å². The minimum absolute atomic E-state index is 0.141. The molecule has 3 N–H and O–H groups in total. The lowest BCUT2D eigenvalue weighted by molar-refractivity contribution is -0.116. The number of anilines is 1. The van der Waals surface area contributed by atoms with Crippen LogP contribution in [0, 0.1) is 6.92 Å². The fourth-order valence-electron chi connectivity index (χ4n) is 1.81. The van der Waals surface area contributed by atoms with Crippen molar-refractivity contribution in [3.05, 3.63) is 34.8 Å². The molecule has 0 fully saturated rings. The van der Waals surface area contributed by atoms with Gasteiger partial charge in [-0.2, -0.15) is 0 Å². The van der Waals surface area contributed by atoms with Gasteiger partial charge >= 0.3 is 0 Å². The Labute approximate surface area is 113 Å². The number of hydrogen-bond acceptors (Lipinski definition) is 5. The molecule has 6 heteroatoms. The number of carbonyl (C=O) groups excluding carboxylic acids is 1. The summed E-state index contributed by atoms with van der Waals surface area (Å²) >= 11 is 3.21. The van der Waals surface area contributed by atoms with Crippen molar-refractivity contribution in [2.75, 3.05) is 5.32 Å². The number of amides is 1. The molecule has 4 nitrogen and oxygen atoms in total. The zero-order chi connectivity index (χ0) is 12.7. The second kappa shape index (κ2) is 4.38. The molecule has 0 bridgehead atoms. The quantitative estimate of drug-likeness (QED) is 0.885. The van der Waals surface area contributed by atoms with E-state index in [0.717, 1.165) is 26.2 Å². The molecule has 0 saturated heterocycles. The molecule has 3 rings (SSSR count). The Bertz CT molecular complexity index is 624. The minimum Gasteiger partial charge on any atom is -0.324 e. The van der Waals surface area contributed by atoms with Gasteiger partial charge in [-0.3, -0.25) is 4.79 Å². The van der Waals surface area contributed by atoms with Crippen LogP contribution in [-0.2, 0) is 4.79 Å². The van der Waals surface area contributed by atoms with E-state index < -0.39 is 6.04 Å². The Balaban J connectivity index is 1.88. The van der Waals surface area contributed by atoms with Gasteiger partial charge in [0.25, 0.3) is 0 Å². The predicted octanol–water partition coefficient (Wildman–Crippen LogP) is 2.55. The molecule has 92 valence electrons. The molecule has 1 aliphatic rings. The van der Waals surface area contributed by atoms with Gasteiger partial charge in [-0.15, -0.1) is 11.3 Å². The Morgan fingerprint density at radius 1 is 1.50 bits per heavy atom.